The summed E-state index contributed by atoms with van der Waals surface area (Å²) in [6.07, 6.45) is 6.41. The van der Waals surface area contributed by atoms with E-state index in [0.717, 1.165) is 12.1 Å². The van der Waals surface area contributed by atoms with Crippen molar-refractivity contribution in [3.8, 4) is 0 Å². The summed E-state index contributed by atoms with van der Waals surface area (Å²) in [5.41, 5.74) is 8.05. The number of aryl methyl sites for hydroxylation is 1. The number of carbonyl (C=O) groups is 1. The lowest BCUT2D eigenvalue weighted by atomic mass is 9.89. The summed E-state index contributed by atoms with van der Waals surface area (Å²) in [6, 6.07) is 7.29. The molecule has 0 aromatic heterocycles. The number of hydrogen-bond donors (Lipinski definition) is 2. The van der Waals surface area contributed by atoms with Gasteiger partial charge < -0.3 is 11.1 Å². The van der Waals surface area contributed by atoms with Crippen molar-refractivity contribution in [2.75, 3.05) is 6.54 Å². The van der Waals surface area contributed by atoms with E-state index in [-0.39, 0.29) is 18.3 Å². The second kappa shape index (κ2) is 8.28. The molecule has 4 heteroatoms. The summed E-state index contributed by atoms with van der Waals surface area (Å²) in [7, 11) is 0. The Balaban J connectivity index is 0.00000200. The normalized spacial score (nSPS) is 17.1. The highest BCUT2D eigenvalue weighted by atomic mass is 35.5. The largest absolute Gasteiger partial charge is 0.354 e. The number of nitrogens with two attached hydrogens (primary N) is 1. The van der Waals surface area contributed by atoms with Crippen LogP contribution in [0.2, 0.25) is 0 Å². The minimum atomic E-state index is -0.552. The minimum Gasteiger partial charge on any atom is -0.354 e. The van der Waals surface area contributed by atoms with E-state index in [9.17, 15) is 4.79 Å². The molecule has 1 unspecified atom stereocenters. The molecule has 0 saturated heterocycles. The Labute approximate surface area is 127 Å². The van der Waals surface area contributed by atoms with E-state index in [1.165, 1.54) is 37.7 Å². The fourth-order valence-corrected chi connectivity index (χ4v) is 2.67. The molecule has 0 spiro atoms. The molecule has 1 aromatic rings. The molecule has 1 amide bonds. The molecule has 1 saturated carbocycles. The molecule has 3 N–H and O–H groups in total. The molecule has 1 fully saturated rings. The zero-order chi connectivity index (χ0) is 13.7. The molecule has 1 aliphatic rings. The maximum absolute atomic E-state index is 12.0. The van der Waals surface area contributed by atoms with Crippen LogP contribution >= 0.6 is 12.4 Å². The van der Waals surface area contributed by atoms with Gasteiger partial charge in [0.1, 0.15) is 6.04 Å². The van der Waals surface area contributed by atoms with Gasteiger partial charge in [0.2, 0.25) is 5.91 Å². The highest BCUT2D eigenvalue weighted by Gasteiger charge is 2.18. The maximum Gasteiger partial charge on any atom is 0.241 e. The Bertz CT molecular complexity index is 413. The van der Waals surface area contributed by atoms with Gasteiger partial charge in [0.05, 0.1) is 0 Å². The molecule has 1 aromatic carbocycles. The first-order valence-electron chi connectivity index (χ1n) is 7.26. The minimum absolute atomic E-state index is 0. The summed E-state index contributed by atoms with van der Waals surface area (Å²) in [5, 5.41) is 3.00. The molecule has 20 heavy (non-hydrogen) atoms. The Kier molecular flexibility index (Phi) is 7.03. The van der Waals surface area contributed by atoms with Gasteiger partial charge in [-0.2, -0.15) is 0 Å². The molecular weight excluding hydrogens is 272 g/mol. The van der Waals surface area contributed by atoms with E-state index >= 15 is 0 Å². The number of halogens is 1. The van der Waals surface area contributed by atoms with Crippen molar-refractivity contribution in [1.29, 1.82) is 0 Å². The third-order valence-electron chi connectivity index (χ3n) is 4.01. The third-order valence-corrected chi connectivity index (χ3v) is 4.01. The lowest BCUT2D eigenvalue weighted by Crippen LogP contribution is -2.37. The van der Waals surface area contributed by atoms with Crippen LogP contribution in [0, 0.1) is 12.8 Å². The van der Waals surface area contributed by atoms with E-state index in [4.69, 9.17) is 5.73 Å². The van der Waals surface area contributed by atoms with E-state index in [1.807, 2.05) is 31.2 Å². The maximum atomic E-state index is 12.0. The van der Waals surface area contributed by atoms with Crippen LogP contribution in [0.25, 0.3) is 0 Å². The van der Waals surface area contributed by atoms with Crippen molar-refractivity contribution < 1.29 is 4.79 Å². The molecule has 3 nitrogen and oxygen atoms in total. The fourth-order valence-electron chi connectivity index (χ4n) is 2.67. The number of amides is 1. The predicted octanol–water partition coefficient (Wildman–Crippen LogP) is 3.11. The number of benzene rings is 1. The molecule has 112 valence electrons. The van der Waals surface area contributed by atoms with Crippen LogP contribution in [0.5, 0.6) is 0 Å². The Morgan fingerprint density at radius 2 is 1.85 bits per heavy atom. The molecule has 0 bridgehead atoms. The average Bonchev–Trinajstić information content (AvgIpc) is 2.46. The smallest absolute Gasteiger partial charge is 0.241 e. The van der Waals surface area contributed by atoms with Gasteiger partial charge in [0, 0.05) is 6.54 Å². The first kappa shape index (κ1) is 17.0. The quantitative estimate of drug-likeness (QED) is 0.897. The van der Waals surface area contributed by atoms with Crippen LogP contribution in [0.4, 0.5) is 0 Å². The summed E-state index contributed by atoms with van der Waals surface area (Å²) in [6.45, 7) is 2.80. The number of nitrogens with one attached hydrogen (secondary N) is 1. The Morgan fingerprint density at radius 3 is 2.45 bits per heavy atom. The summed E-state index contributed by atoms with van der Waals surface area (Å²) in [4.78, 5) is 12.0. The van der Waals surface area contributed by atoms with Crippen LogP contribution in [-0.4, -0.2) is 12.5 Å². The second-order valence-corrected chi connectivity index (χ2v) is 5.64. The zero-order valence-corrected chi connectivity index (χ0v) is 12.9. The molecule has 0 heterocycles. The number of carbonyl (C=O) groups excluding carboxylic acids is 1. The van der Waals surface area contributed by atoms with Crippen molar-refractivity contribution in [2.24, 2.45) is 11.7 Å². The van der Waals surface area contributed by atoms with Gasteiger partial charge in [0.15, 0.2) is 0 Å². The van der Waals surface area contributed by atoms with Gasteiger partial charge in [-0.05, 0) is 31.2 Å². The van der Waals surface area contributed by atoms with Gasteiger partial charge in [-0.3, -0.25) is 4.79 Å². The SMILES string of the molecule is Cc1ccc(C(N)C(=O)NCC2CCCCC2)cc1.Cl. The van der Waals surface area contributed by atoms with Crippen molar-refractivity contribution in [1.82, 2.24) is 5.32 Å². The second-order valence-electron chi connectivity index (χ2n) is 5.64. The fraction of sp³-hybridized carbons (Fsp3) is 0.562. The molecular formula is C16H25ClN2O. The molecule has 0 radical (unpaired) electrons. The van der Waals surface area contributed by atoms with E-state index in [0.29, 0.717) is 5.92 Å². The van der Waals surface area contributed by atoms with Crippen molar-refractivity contribution in [2.45, 2.75) is 45.1 Å². The number of hydrogen-bond acceptors (Lipinski definition) is 2. The van der Waals surface area contributed by atoms with Crippen LogP contribution in [0.3, 0.4) is 0 Å². The van der Waals surface area contributed by atoms with Crippen molar-refractivity contribution in [3.63, 3.8) is 0 Å². The molecule has 1 atom stereocenters. The van der Waals surface area contributed by atoms with Crippen molar-refractivity contribution in [3.05, 3.63) is 35.4 Å². The Morgan fingerprint density at radius 1 is 1.25 bits per heavy atom. The number of rotatable bonds is 4. The van der Waals surface area contributed by atoms with E-state index < -0.39 is 6.04 Å². The Hall–Kier alpha value is -1.06. The summed E-state index contributed by atoms with van der Waals surface area (Å²) in [5.74, 6) is 0.581. The van der Waals surface area contributed by atoms with Crippen LogP contribution in [0.1, 0.15) is 49.3 Å². The van der Waals surface area contributed by atoms with Crippen molar-refractivity contribution >= 4 is 18.3 Å². The third kappa shape index (κ3) is 4.80. The van der Waals surface area contributed by atoms with E-state index in [1.54, 1.807) is 0 Å². The predicted molar refractivity (Wildman–Crippen MR) is 84.9 cm³/mol. The van der Waals surface area contributed by atoms with Gasteiger partial charge in [0.25, 0.3) is 0 Å². The highest BCUT2D eigenvalue weighted by molar-refractivity contribution is 5.85. The first-order chi connectivity index (χ1) is 9.16. The lowest BCUT2D eigenvalue weighted by Gasteiger charge is -2.22. The summed E-state index contributed by atoms with van der Waals surface area (Å²) >= 11 is 0. The molecule has 0 aliphatic heterocycles. The lowest BCUT2D eigenvalue weighted by molar-refractivity contribution is -0.122. The molecule has 2 rings (SSSR count). The van der Waals surface area contributed by atoms with E-state index in [2.05, 4.69) is 5.32 Å². The monoisotopic (exact) mass is 296 g/mol. The van der Waals surface area contributed by atoms with Gasteiger partial charge in [-0.1, -0.05) is 49.1 Å². The van der Waals surface area contributed by atoms with Crippen LogP contribution in [0.15, 0.2) is 24.3 Å². The topological polar surface area (TPSA) is 55.1 Å². The van der Waals surface area contributed by atoms with Gasteiger partial charge in [-0.15, -0.1) is 12.4 Å². The zero-order valence-electron chi connectivity index (χ0n) is 12.1. The standard InChI is InChI=1S/C16H24N2O.ClH/c1-12-7-9-14(10-8-12)15(17)16(19)18-11-13-5-3-2-4-6-13;/h7-10,13,15H,2-6,11,17H2,1H3,(H,18,19);1H. The van der Waals surface area contributed by atoms with Gasteiger partial charge >= 0.3 is 0 Å². The van der Waals surface area contributed by atoms with Crippen LogP contribution < -0.4 is 11.1 Å². The summed E-state index contributed by atoms with van der Waals surface area (Å²) < 4.78 is 0. The average molecular weight is 297 g/mol. The molecule has 1 aliphatic carbocycles. The van der Waals surface area contributed by atoms with Crippen LogP contribution in [-0.2, 0) is 4.79 Å². The highest BCUT2D eigenvalue weighted by Crippen LogP contribution is 2.23. The van der Waals surface area contributed by atoms with Gasteiger partial charge in [-0.25, -0.2) is 0 Å². The first-order valence-corrected chi connectivity index (χ1v) is 7.26.